The van der Waals surface area contributed by atoms with Crippen molar-refractivity contribution in [3.63, 3.8) is 0 Å². The molecule has 1 aliphatic carbocycles. The van der Waals surface area contributed by atoms with Crippen molar-refractivity contribution in [2.24, 2.45) is 5.92 Å². The molecule has 1 atom stereocenters. The summed E-state index contributed by atoms with van der Waals surface area (Å²) in [7, 11) is 0. The van der Waals surface area contributed by atoms with Gasteiger partial charge >= 0.3 is 5.69 Å². The Labute approximate surface area is 124 Å². The van der Waals surface area contributed by atoms with E-state index in [0.29, 0.717) is 11.5 Å². The first kappa shape index (κ1) is 15.4. The number of halogens is 1. The molecule has 1 heterocycles. The van der Waals surface area contributed by atoms with E-state index in [0.717, 1.165) is 12.8 Å². The zero-order chi connectivity index (χ0) is 14.9. The SMILES string of the molecule is CC(C)c1c(Cl)[nH]c(=O)n(C(C)C2CCCCC2)c1=O. The van der Waals surface area contributed by atoms with Gasteiger partial charge in [-0.05, 0) is 31.6 Å². The standard InChI is InChI=1S/C15H23ClN2O2/c1-9(2)12-13(16)17-15(20)18(14(12)19)10(3)11-7-5-4-6-8-11/h9-11H,4-8H2,1-3H3,(H,17,20). The minimum absolute atomic E-state index is 0.00310. The van der Waals surface area contributed by atoms with Crippen molar-refractivity contribution in [3.05, 3.63) is 31.6 Å². The predicted octanol–water partition coefficient (Wildman–Crippen LogP) is 3.45. The molecule has 5 heteroatoms. The molecule has 1 fully saturated rings. The molecule has 0 radical (unpaired) electrons. The average molecular weight is 299 g/mol. The molecule has 1 unspecified atom stereocenters. The lowest BCUT2D eigenvalue weighted by molar-refractivity contribution is 0.254. The first-order chi connectivity index (χ1) is 9.43. The van der Waals surface area contributed by atoms with E-state index in [1.807, 2.05) is 20.8 Å². The van der Waals surface area contributed by atoms with Gasteiger partial charge in [-0.3, -0.25) is 14.3 Å². The second kappa shape index (κ2) is 6.17. The van der Waals surface area contributed by atoms with Gasteiger partial charge in [0.2, 0.25) is 0 Å². The largest absolute Gasteiger partial charge is 0.329 e. The van der Waals surface area contributed by atoms with Crippen LogP contribution in [-0.2, 0) is 0 Å². The number of nitrogens with one attached hydrogen (secondary N) is 1. The Morgan fingerprint density at radius 1 is 1.15 bits per heavy atom. The van der Waals surface area contributed by atoms with Crippen molar-refractivity contribution in [2.45, 2.75) is 64.8 Å². The molecule has 1 aromatic rings. The van der Waals surface area contributed by atoms with Gasteiger partial charge in [0.1, 0.15) is 5.15 Å². The Balaban J connectivity index is 2.48. The predicted molar refractivity (Wildman–Crippen MR) is 81.7 cm³/mol. The minimum atomic E-state index is -0.387. The molecule has 0 bridgehead atoms. The van der Waals surface area contributed by atoms with Gasteiger partial charge in [-0.1, -0.05) is 44.7 Å². The van der Waals surface area contributed by atoms with Crippen LogP contribution in [0, 0.1) is 5.92 Å². The summed E-state index contributed by atoms with van der Waals surface area (Å²) in [6.45, 7) is 5.80. The Hall–Kier alpha value is -1.03. The van der Waals surface area contributed by atoms with E-state index >= 15 is 0 Å². The molecule has 2 rings (SSSR count). The first-order valence-electron chi connectivity index (χ1n) is 7.47. The van der Waals surface area contributed by atoms with Crippen molar-refractivity contribution >= 4 is 11.6 Å². The summed E-state index contributed by atoms with van der Waals surface area (Å²) < 4.78 is 1.37. The Bertz CT molecular complexity index is 583. The lowest BCUT2D eigenvalue weighted by Crippen LogP contribution is -2.42. The minimum Gasteiger partial charge on any atom is -0.297 e. The van der Waals surface area contributed by atoms with Crippen LogP contribution in [-0.4, -0.2) is 9.55 Å². The monoisotopic (exact) mass is 298 g/mol. The highest BCUT2D eigenvalue weighted by atomic mass is 35.5. The maximum atomic E-state index is 12.6. The molecular formula is C15H23ClN2O2. The van der Waals surface area contributed by atoms with Crippen molar-refractivity contribution < 1.29 is 0 Å². The van der Waals surface area contributed by atoms with Crippen LogP contribution in [0.3, 0.4) is 0 Å². The van der Waals surface area contributed by atoms with E-state index in [2.05, 4.69) is 4.98 Å². The van der Waals surface area contributed by atoms with Crippen LogP contribution >= 0.6 is 11.6 Å². The van der Waals surface area contributed by atoms with Gasteiger partial charge in [0, 0.05) is 6.04 Å². The van der Waals surface area contributed by atoms with Crippen LogP contribution in [0.1, 0.15) is 70.4 Å². The van der Waals surface area contributed by atoms with Crippen molar-refractivity contribution in [3.8, 4) is 0 Å². The smallest absolute Gasteiger partial charge is 0.297 e. The van der Waals surface area contributed by atoms with Gasteiger partial charge in [-0.2, -0.15) is 0 Å². The van der Waals surface area contributed by atoms with Crippen molar-refractivity contribution in [2.75, 3.05) is 0 Å². The van der Waals surface area contributed by atoms with Gasteiger partial charge in [0.25, 0.3) is 5.56 Å². The molecule has 0 saturated heterocycles. The number of aromatic nitrogens is 2. The number of nitrogens with zero attached hydrogens (tertiary/aromatic N) is 1. The number of rotatable bonds is 3. The number of hydrogen-bond donors (Lipinski definition) is 1. The van der Waals surface area contributed by atoms with Crippen LogP contribution in [0.5, 0.6) is 0 Å². The Kier molecular flexibility index (Phi) is 4.74. The van der Waals surface area contributed by atoms with E-state index in [-0.39, 0.29) is 28.4 Å². The first-order valence-corrected chi connectivity index (χ1v) is 7.85. The third-order valence-electron chi connectivity index (χ3n) is 4.44. The maximum Gasteiger partial charge on any atom is 0.329 e. The third kappa shape index (κ3) is 2.85. The normalized spacial score (nSPS) is 18.4. The van der Waals surface area contributed by atoms with Crippen LogP contribution in [0.15, 0.2) is 9.59 Å². The zero-order valence-corrected chi connectivity index (χ0v) is 13.2. The molecule has 1 saturated carbocycles. The van der Waals surface area contributed by atoms with E-state index in [1.165, 1.54) is 23.8 Å². The van der Waals surface area contributed by atoms with E-state index in [1.54, 1.807) is 0 Å². The Morgan fingerprint density at radius 2 is 1.75 bits per heavy atom. The molecule has 1 N–H and O–H groups in total. The van der Waals surface area contributed by atoms with Crippen LogP contribution in [0.4, 0.5) is 0 Å². The summed E-state index contributed by atoms with van der Waals surface area (Å²) in [5, 5.41) is 0.182. The Morgan fingerprint density at radius 3 is 2.30 bits per heavy atom. The molecule has 0 spiro atoms. The zero-order valence-electron chi connectivity index (χ0n) is 12.4. The molecule has 0 aromatic carbocycles. The highest BCUT2D eigenvalue weighted by molar-refractivity contribution is 6.30. The summed E-state index contributed by atoms with van der Waals surface area (Å²) >= 11 is 6.02. The fourth-order valence-corrected chi connectivity index (χ4v) is 3.61. The highest BCUT2D eigenvalue weighted by Gasteiger charge is 2.26. The van der Waals surface area contributed by atoms with E-state index in [4.69, 9.17) is 11.6 Å². The van der Waals surface area contributed by atoms with Gasteiger partial charge in [-0.25, -0.2) is 4.79 Å². The molecule has 0 aliphatic heterocycles. The molecule has 112 valence electrons. The van der Waals surface area contributed by atoms with Gasteiger partial charge in [-0.15, -0.1) is 0 Å². The number of aromatic amines is 1. The molecule has 4 nitrogen and oxygen atoms in total. The van der Waals surface area contributed by atoms with Gasteiger partial charge < -0.3 is 0 Å². The average Bonchev–Trinajstić information content (AvgIpc) is 2.38. The molecule has 1 aliphatic rings. The lowest BCUT2D eigenvalue weighted by Gasteiger charge is -2.28. The molecule has 20 heavy (non-hydrogen) atoms. The maximum absolute atomic E-state index is 12.6. The number of hydrogen-bond acceptors (Lipinski definition) is 2. The summed E-state index contributed by atoms with van der Waals surface area (Å²) in [5.41, 5.74) is -0.108. The molecule has 0 amide bonds. The summed E-state index contributed by atoms with van der Waals surface area (Å²) in [6.07, 6.45) is 5.81. The highest BCUT2D eigenvalue weighted by Crippen LogP contribution is 2.31. The number of H-pyrrole nitrogens is 1. The second-order valence-corrected chi connectivity index (χ2v) is 6.50. The van der Waals surface area contributed by atoms with Crippen LogP contribution in [0.2, 0.25) is 5.15 Å². The summed E-state index contributed by atoms with van der Waals surface area (Å²) in [5.74, 6) is 0.403. The fourth-order valence-electron chi connectivity index (χ4n) is 3.24. The summed E-state index contributed by atoms with van der Waals surface area (Å²) in [6, 6.07) is -0.0682. The van der Waals surface area contributed by atoms with E-state index in [9.17, 15) is 9.59 Å². The van der Waals surface area contributed by atoms with Gasteiger partial charge in [0.15, 0.2) is 0 Å². The molecule has 1 aromatic heterocycles. The van der Waals surface area contributed by atoms with Crippen molar-refractivity contribution in [1.82, 2.24) is 9.55 Å². The molecular weight excluding hydrogens is 276 g/mol. The second-order valence-electron chi connectivity index (χ2n) is 6.13. The van der Waals surface area contributed by atoms with Crippen LogP contribution in [0.25, 0.3) is 0 Å². The fraction of sp³-hybridized carbons (Fsp3) is 0.733. The summed E-state index contributed by atoms with van der Waals surface area (Å²) in [4.78, 5) is 27.4. The topological polar surface area (TPSA) is 54.9 Å². The third-order valence-corrected chi connectivity index (χ3v) is 4.74. The van der Waals surface area contributed by atoms with Crippen LogP contribution < -0.4 is 11.2 Å². The quantitative estimate of drug-likeness (QED) is 0.869. The van der Waals surface area contributed by atoms with E-state index < -0.39 is 0 Å². The lowest BCUT2D eigenvalue weighted by atomic mass is 9.84. The van der Waals surface area contributed by atoms with Gasteiger partial charge in [0.05, 0.1) is 5.56 Å². The van der Waals surface area contributed by atoms with Crippen molar-refractivity contribution in [1.29, 1.82) is 0 Å².